The molecule has 17 rings (SSSR count). The number of rotatable bonds is 18. The van der Waals surface area contributed by atoms with Crippen molar-refractivity contribution < 1.29 is 110 Å². The minimum Gasteiger partial charge on any atom is -0.497 e. The van der Waals surface area contributed by atoms with Crippen LogP contribution in [0.25, 0.3) is 0 Å². The largest absolute Gasteiger partial charge is 0.497 e. The molecule has 5 atom stereocenters. The number of imide groups is 2. The SMILES string of the molecule is C#C[C@]1(CN2Cc3ccc(OC)cc3C2=O)NC(=O)NC1=O.CC1(C)OC(=O)C2(CC2)C(=O)O1.CCN1CCN(C(=O)C2CCC(=O)N2c2ccc(OC)c(Br)n2)CC1.CCN1CCN(C(=O)C2CCC(=O)N2c2ccc(OC)c(C#C[C@]3(CN4Cc5ccc(OC)cc5C4=O)NC(=O)NC3=O)n2)CC1.COc1ccc(N)nc1Br.COc1ccc(N2C(=O)CCC2C(=O)O)nc1Br. The van der Waals surface area contributed by atoms with Crippen LogP contribution in [-0.2, 0) is 70.5 Å². The summed E-state index contributed by atoms with van der Waals surface area (Å²) in [5, 5.41) is 18.4. The third kappa shape index (κ3) is 21.9. The van der Waals surface area contributed by atoms with E-state index in [-0.39, 0.29) is 91.1 Å². The highest BCUT2D eigenvalue weighted by Gasteiger charge is 2.64. The smallest absolute Gasteiger partial charge is 0.326 e. The molecule has 0 bridgehead atoms. The molecule has 133 heavy (non-hydrogen) atoms. The van der Waals surface area contributed by atoms with Crippen molar-refractivity contribution in [1.29, 1.82) is 0 Å². The number of amides is 13. The Hall–Kier alpha value is -13.3. The summed E-state index contributed by atoms with van der Waals surface area (Å²) < 4.78 is 42.5. The second-order valence-electron chi connectivity index (χ2n) is 32.2. The summed E-state index contributed by atoms with van der Waals surface area (Å²) in [5.74, 6) is 7.18. The number of piperazine rings is 2. The van der Waals surface area contributed by atoms with E-state index < -0.39 is 82.2 Å². The number of methoxy groups -OCH3 is 6. The third-order valence-corrected chi connectivity index (χ3v) is 25.3. The zero-order chi connectivity index (χ0) is 96.3. The molecule has 1 saturated carbocycles. The molecule has 0 radical (unpaired) electrons. The van der Waals surface area contributed by atoms with Gasteiger partial charge in [0.15, 0.2) is 39.6 Å². The molecule has 13 amide bonds. The number of halogens is 3. The van der Waals surface area contributed by atoms with E-state index >= 15 is 0 Å². The lowest BCUT2D eigenvalue weighted by molar-refractivity contribution is -0.242. The Labute approximate surface area is 789 Å². The Morgan fingerprint density at radius 1 is 0.511 bits per heavy atom. The number of carboxylic acids is 1. The van der Waals surface area contributed by atoms with Crippen molar-refractivity contribution in [3.63, 3.8) is 0 Å². The van der Waals surface area contributed by atoms with Crippen LogP contribution in [-0.4, -0.2) is 294 Å². The Morgan fingerprint density at radius 2 is 0.895 bits per heavy atom. The second-order valence-corrected chi connectivity index (χ2v) is 34.5. The molecule has 7 N–H and O–H groups in total. The number of aliphatic carboxylic acids is 1. The van der Waals surface area contributed by atoms with Gasteiger partial charge in [-0.1, -0.05) is 37.8 Å². The number of carboxylic acid groups (broad SMARTS) is 1. The van der Waals surface area contributed by atoms with Crippen LogP contribution in [0, 0.1) is 29.6 Å². The highest BCUT2D eigenvalue weighted by atomic mass is 79.9. The summed E-state index contributed by atoms with van der Waals surface area (Å²) in [7, 11) is 9.10. The van der Waals surface area contributed by atoms with Gasteiger partial charge in [-0.3, -0.25) is 78.1 Å². The molecule has 8 saturated heterocycles. The molecule has 704 valence electrons. The van der Waals surface area contributed by atoms with Gasteiger partial charge in [0.1, 0.15) is 66.7 Å². The monoisotopic (exact) mass is 2020 g/mol. The maximum Gasteiger partial charge on any atom is 0.326 e. The molecule has 41 nitrogen and oxygen atoms in total. The summed E-state index contributed by atoms with van der Waals surface area (Å²) in [6.07, 6.45) is 8.56. The molecule has 11 aliphatic rings. The minimum absolute atomic E-state index is 0.0235. The number of anilines is 4. The van der Waals surface area contributed by atoms with E-state index in [2.05, 4.69) is 130 Å². The van der Waals surface area contributed by atoms with Crippen LogP contribution >= 0.6 is 47.8 Å². The summed E-state index contributed by atoms with van der Waals surface area (Å²) in [5.41, 5.74) is 3.77. The highest BCUT2D eigenvalue weighted by Crippen LogP contribution is 2.52. The van der Waals surface area contributed by atoms with Crippen molar-refractivity contribution in [3.05, 3.63) is 127 Å². The number of nitrogens with two attached hydrogens (primary N) is 1. The predicted octanol–water partition coefficient (Wildman–Crippen LogP) is 5.19. The van der Waals surface area contributed by atoms with E-state index in [1.54, 1.807) is 123 Å². The maximum atomic E-state index is 13.6. The summed E-state index contributed by atoms with van der Waals surface area (Å²) in [6, 6.07) is 20.3. The van der Waals surface area contributed by atoms with Gasteiger partial charge >= 0.3 is 30.0 Å². The van der Waals surface area contributed by atoms with Gasteiger partial charge in [-0.15, -0.1) is 6.42 Å². The number of benzene rings is 2. The molecule has 2 aromatic carbocycles. The topological polar surface area (TPSA) is 488 Å². The number of esters is 2. The van der Waals surface area contributed by atoms with Crippen LogP contribution < -0.4 is 70.1 Å². The number of aromatic nitrogens is 4. The van der Waals surface area contributed by atoms with Gasteiger partial charge in [-0.25, -0.2) is 34.3 Å². The van der Waals surface area contributed by atoms with Gasteiger partial charge in [0.2, 0.25) is 35.1 Å². The third-order valence-electron chi connectivity index (χ3n) is 23.6. The van der Waals surface area contributed by atoms with E-state index in [1.807, 2.05) is 4.90 Å². The average molecular weight is 2030 g/mol. The lowest BCUT2D eigenvalue weighted by Gasteiger charge is -2.36. The number of hydrogen-bond acceptors (Lipinski definition) is 29. The molecule has 14 heterocycles. The zero-order valence-electron chi connectivity index (χ0n) is 74.4. The van der Waals surface area contributed by atoms with Gasteiger partial charge in [0.05, 0.1) is 55.7 Å². The quantitative estimate of drug-likeness (QED) is 0.0212. The van der Waals surface area contributed by atoms with Gasteiger partial charge in [-0.05, 0) is 183 Å². The number of likely N-dealkylation sites (N-methyl/N-ethyl adjacent to an activating group) is 2. The van der Waals surface area contributed by atoms with Crippen molar-refractivity contribution in [2.45, 2.75) is 127 Å². The Balaban J connectivity index is 0.000000156. The highest BCUT2D eigenvalue weighted by molar-refractivity contribution is 9.11. The molecule has 3 unspecified atom stereocenters. The number of urea groups is 2. The average Bonchev–Trinajstić information content (AvgIpc) is 1.57. The van der Waals surface area contributed by atoms with Gasteiger partial charge in [0, 0.05) is 110 Å². The normalized spacial score (nSPS) is 21.7. The van der Waals surface area contributed by atoms with E-state index in [0.29, 0.717) is 142 Å². The number of nitrogens with one attached hydrogen (secondary N) is 4. The van der Waals surface area contributed by atoms with Crippen LogP contribution in [0.4, 0.5) is 32.9 Å². The molecule has 9 fully saturated rings. The fraction of sp³-hybridized carbons (Fsp3) is 0.438. The molecule has 4 aromatic heterocycles. The molecule has 44 heteroatoms. The molecule has 10 aliphatic heterocycles. The van der Waals surface area contributed by atoms with Gasteiger partial charge < -0.3 is 88.8 Å². The zero-order valence-corrected chi connectivity index (χ0v) is 79.2. The van der Waals surface area contributed by atoms with Crippen LogP contribution in [0.3, 0.4) is 0 Å². The van der Waals surface area contributed by atoms with Gasteiger partial charge in [0.25, 0.3) is 29.4 Å². The number of pyridine rings is 4. The van der Waals surface area contributed by atoms with E-state index in [4.69, 9.17) is 55.2 Å². The van der Waals surface area contributed by atoms with Crippen LogP contribution in [0.15, 0.2) is 98.7 Å². The Kier molecular flexibility index (Phi) is 31.2. The number of terminal acetylenes is 1. The number of carbonyl (C=O) groups is 14. The van der Waals surface area contributed by atoms with Crippen molar-refractivity contribution >= 4 is 154 Å². The number of hydrogen-bond donors (Lipinski definition) is 6. The molecular weight excluding hydrogens is 1930 g/mol. The lowest BCUT2D eigenvalue weighted by Crippen LogP contribution is -2.54. The standard InChI is InChI=1S/C32H35N7O7.C17H23BrN4O3.C15H13N3O4.C11H11BrN2O4.C8H10O4.C6H7BrN2O/c1-4-36-13-15-37(16-14-36)29(42)24-7-10-27(40)39(24)26-9-8-25(46-3)23(33-26)11-12-32(30(43)34-31(44)35-32)19-38-18-20-5-6-21(45-2)17-22(20)28(38)41;1-3-20-8-10-21(11-9-20)17(24)12-4-7-15(23)22(12)14-6-5-13(25-2)16(18)19-14;1-3-15(13(20)16-14(21)17-15)8-18-7-9-4-5-10(22-2)6-11(9)12(18)19;1-18-7-3-4-8(13-10(7)12)14-6(11(16)17)2-5-9(14)15;1-7(2)11-5(9)8(3-4-8)6(10)12-7;1-10-4-2-3-5(8)9-6(4)7/h5-6,8-9,17,24H,4,7,10,13-16,18-19H2,1-3H3,(H2,34,35,43,44);5-6,12H,3-4,7-11H2,1-2H3;1,4-6H,7-8H2,2H3,(H2,16,17,20,21);3-4,6H,2,5H2,1H3,(H,16,17);3-4H2,1-2H3;2-3H,1H3,(H2,8,9)/t24?,32-;;15-;;;/m1.1.../s1. The van der Waals surface area contributed by atoms with Gasteiger partial charge in [-0.2, -0.15) is 0 Å². The minimum atomic E-state index is -1.79. The lowest BCUT2D eigenvalue weighted by atomic mass is 9.99. The predicted molar refractivity (Wildman–Crippen MR) is 485 cm³/mol. The number of nitrogen functional groups attached to an aromatic ring is 1. The second kappa shape index (κ2) is 42.1. The van der Waals surface area contributed by atoms with Crippen molar-refractivity contribution in [1.82, 2.24) is 70.6 Å². The summed E-state index contributed by atoms with van der Waals surface area (Å²) in [6.45, 7) is 15.4. The molecule has 6 aromatic rings. The van der Waals surface area contributed by atoms with E-state index in [9.17, 15) is 67.1 Å². The first kappa shape index (κ1) is 98.7. The maximum absolute atomic E-state index is 13.6. The fourth-order valence-corrected chi connectivity index (χ4v) is 17.6. The molecule has 1 spiro atoms. The Bertz CT molecular complexity index is 5690. The van der Waals surface area contributed by atoms with Crippen molar-refractivity contribution in [2.24, 2.45) is 5.41 Å². The van der Waals surface area contributed by atoms with Crippen LogP contribution in [0.1, 0.15) is 117 Å². The summed E-state index contributed by atoms with van der Waals surface area (Å²) >= 11 is 9.75. The number of carbonyl (C=O) groups excluding carboxylic acids is 13. The number of cyclic esters (lactones) is 2. The first-order chi connectivity index (χ1) is 63.4. The van der Waals surface area contributed by atoms with Crippen LogP contribution in [0.5, 0.6) is 34.5 Å². The van der Waals surface area contributed by atoms with Crippen LogP contribution in [0.2, 0.25) is 0 Å². The first-order valence-electron chi connectivity index (χ1n) is 42.2. The van der Waals surface area contributed by atoms with Crippen molar-refractivity contribution in [3.8, 4) is 58.7 Å². The Morgan fingerprint density at radius 3 is 1.26 bits per heavy atom. The number of fused-ring (bicyclic) bond motifs is 2. The molecular formula is C89H99Br3N18O23. The van der Waals surface area contributed by atoms with E-state index in [0.717, 1.165) is 50.4 Å². The number of ether oxygens (including phenoxy) is 8. The van der Waals surface area contributed by atoms with E-state index in [1.165, 1.54) is 48.0 Å². The molecule has 1 aliphatic carbocycles. The summed E-state index contributed by atoms with van der Waals surface area (Å²) in [4.78, 5) is 204. The van der Waals surface area contributed by atoms with Crippen molar-refractivity contribution in [2.75, 3.05) is 142 Å². The fourth-order valence-electron chi connectivity index (χ4n) is 16.1. The first-order valence-corrected chi connectivity index (χ1v) is 44.6. The number of nitrogens with zero attached hydrogens (tertiary/aromatic N) is 13.